The molecule has 0 amide bonds. The van der Waals surface area contributed by atoms with Gasteiger partial charge in [-0.15, -0.1) is 0 Å². The van der Waals surface area contributed by atoms with Crippen molar-refractivity contribution < 1.29 is 28.4 Å². The van der Waals surface area contributed by atoms with Crippen molar-refractivity contribution in [3.8, 4) is 28.7 Å². The molecule has 0 radical (unpaired) electrons. The number of nitrogens with zero attached hydrogens (tertiary/aromatic N) is 1. The number of benzene rings is 2. The van der Waals surface area contributed by atoms with Gasteiger partial charge in [0.05, 0.1) is 27.4 Å². The second kappa shape index (κ2) is 9.66. The van der Waals surface area contributed by atoms with E-state index in [0.29, 0.717) is 23.8 Å². The Morgan fingerprint density at radius 1 is 0.935 bits per heavy atom. The van der Waals surface area contributed by atoms with Gasteiger partial charge in [0.15, 0.2) is 23.0 Å². The minimum Gasteiger partial charge on any atom is -0.493 e. The molecule has 2 aromatic carbocycles. The summed E-state index contributed by atoms with van der Waals surface area (Å²) >= 11 is 0. The van der Waals surface area contributed by atoms with Crippen LogP contribution in [0, 0.1) is 6.92 Å². The molecular weight excluding hydrogens is 398 g/mol. The molecule has 1 saturated heterocycles. The minimum absolute atomic E-state index is 0.237. The van der Waals surface area contributed by atoms with Crippen molar-refractivity contribution in [2.24, 2.45) is 0 Å². The summed E-state index contributed by atoms with van der Waals surface area (Å²) in [5.41, 5.74) is 3.43. The van der Waals surface area contributed by atoms with E-state index in [0.717, 1.165) is 49.6 Å². The Labute approximate surface area is 183 Å². The van der Waals surface area contributed by atoms with Gasteiger partial charge in [-0.05, 0) is 49.1 Å². The summed E-state index contributed by atoms with van der Waals surface area (Å²) in [6.45, 7) is 5.52. The number of aryl methyl sites for hydroxylation is 1. The lowest BCUT2D eigenvalue weighted by Crippen LogP contribution is -2.32. The van der Waals surface area contributed by atoms with Crippen LogP contribution in [0.1, 0.15) is 29.5 Å². The van der Waals surface area contributed by atoms with Crippen LogP contribution in [-0.4, -0.2) is 52.3 Å². The molecule has 2 aromatic rings. The van der Waals surface area contributed by atoms with Gasteiger partial charge in [-0.2, -0.15) is 0 Å². The Kier molecular flexibility index (Phi) is 6.73. The molecule has 1 fully saturated rings. The van der Waals surface area contributed by atoms with E-state index in [9.17, 15) is 0 Å². The minimum atomic E-state index is 0.237. The summed E-state index contributed by atoms with van der Waals surface area (Å²) < 4.78 is 33.8. The lowest BCUT2D eigenvalue weighted by Gasteiger charge is -2.27. The van der Waals surface area contributed by atoms with Crippen molar-refractivity contribution in [2.45, 2.75) is 39.0 Å². The van der Waals surface area contributed by atoms with E-state index < -0.39 is 0 Å². The average molecular weight is 430 g/mol. The number of hydrogen-bond donors (Lipinski definition) is 0. The van der Waals surface area contributed by atoms with Crippen molar-refractivity contribution in [1.82, 2.24) is 4.90 Å². The Morgan fingerprint density at radius 3 is 2.35 bits per heavy atom. The first-order valence-corrected chi connectivity index (χ1v) is 10.6. The fourth-order valence-corrected chi connectivity index (χ4v) is 4.29. The Balaban J connectivity index is 1.62. The van der Waals surface area contributed by atoms with E-state index in [-0.39, 0.29) is 12.9 Å². The van der Waals surface area contributed by atoms with Gasteiger partial charge in [-0.3, -0.25) is 4.90 Å². The predicted octanol–water partition coefficient (Wildman–Crippen LogP) is 3.93. The number of methoxy groups -OCH3 is 3. The molecule has 1 atom stereocenters. The standard InChI is InChI=1S/C24H31NO6/c1-16-10-21-22(31-15-30-21)11-18(16)13-25(14-19-6-5-9-29-19)12-17-7-8-20(26-2)24(28-4)23(17)27-3/h7-8,10-11,19H,5-6,9,12-15H2,1-4H3. The molecule has 2 aliphatic heterocycles. The first-order valence-electron chi connectivity index (χ1n) is 10.6. The van der Waals surface area contributed by atoms with Gasteiger partial charge in [0, 0.05) is 31.8 Å². The molecule has 0 saturated carbocycles. The van der Waals surface area contributed by atoms with Crippen LogP contribution in [-0.2, 0) is 17.8 Å². The quantitative estimate of drug-likeness (QED) is 0.599. The van der Waals surface area contributed by atoms with E-state index >= 15 is 0 Å². The van der Waals surface area contributed by atoms with E-state index in [1.54, 1.807) is 21.3 Å². The highest BCUT2D eigenvalue weighted by atomic mass is 16.7. The van der Waals surface area contributed by atoms with Crippen molar-refractivity contribution >= 4 is 0 Å². The first kappa shape index (κ1) is 21.6. The van der Waals surface area contributed by atoms with Gasteiger partial charge in [0.2, 0.25) is 12.5 Å². The van der Waals surface area contributed by atoms with Crippen LogP contribution in [0.25, 0.3) is 0 Å². The molecule has 31 heavy (non-hydrogen) atoms. The van der Waals surface area contributed by atoms with Crippen molar-refractivity contribution in [3.63, 3.8) is 0 Å². The number of hydrogen-bond acceptors (Lipinski definition) is 7. The topological polar surface area (TPSA) is 58.6 Å². The largest absolute Gasteiger partial charge is 0.493 e. The Morgan fingerprint density at radius 2 is 1.68 bits per heavy atom. The van der Waals surface area contributed by atoms with E-state index in [1.807, 2.05) is 12.1 Å². The van der Waals surface area contributed by atoms with E-state index in [4.69, 9.17) is 28.4 Å². The normalized spacial score (nSPS) is 17.3. The van der Waals surface area contributed by atoms with Gasteiger partial charge in [-0.1, -0.05) is 6.07 Å². The fourth-order valence-electron chi connectivity index (χ4n) is 4.29. The zero-order chi connectivity index (χ0) is 21.8. The summed E-state index contributed by atoms with van der Waals surface area (Å²) in [5.74, 6) is 3.58. The summed E-state index contributed by atoms with van der Waals surface area (Å²) in [7, 11) is 4.92. The second-order valence-electron chi connectivity index (χ2n) is 7.93. The molecule has 0 aliphatic carbocycles. The van der Waals surface area contributed by atoms with Crippen molar-refractivity contribution in [1.29, 1.82) is 0 Å². The van der Waals surface area contributed by atoms with Gasteiger partial charge in [-0.25, -0.2) is 0 Å². The molecule has 7 heteroatoms. The van der Waals surface area contributed by atoms with E-state index in [2.05, 4.69) is 24.0 Å². The molecular formula is C24H31NO6. The average Bonchev–Trinajstić information content (AvgIpc) is 3.45. The first-order chi connectivity index (χ1) is 15.1. The molecule has 1 unspecified atom stereocenters. The third-order valence-electron chi connectivity index (χ3n) is 5.89. The molecule has 2 aliphatic rings. The molecule has 0 spiro atoms. The maximum Gasteiger partial charge on any atom is 0.231 e. The lowest BCUT2D eigenvalue weighted by atomic mass is 10.1. The Hall–Kier alpha value is -2.64. The van der Waals surface area contributed by atoms with Crippen molar-refractivity contribution in [3.05, 3.63) is 41.0 Å². The summed E-state index contributed by atoms with van der Waals surface area (Å²) in [5, 5.41) is 0. The second-order valence-corrected chi connectivity index (χ2v) is 7.93. The maximum atomic E-state index is 5.94. The molecule has 0 bridgehead atoms. The number of ether oxygens (including phenoxy) is 6. The predicted molar refractivity (Wildman–Crippen MR) is 116 cm³/mol. The summed E-state index contributed by atoms with van der Waals surface area (Å²) in [4.78, 5) is 2.39. The lowest BCUT2D eigenvalue weighted by molar-refractivity contribution is 0.0675. The maximum absolute atomic E-state index is 5.94. The Bertz CT molecular complexity index is 909. The monoisotopic (exact) mass is 429 g/mol. The molecule has 0 aromatic heterocycles. The third-order valence-corrected chi connectivity index (χ3v) is 5.89. The smallest absolute Gasteiger partial charge is 0.231 e. The molecule has 4 rings (SSSR count). The number of fused-ring (bicyclic) bond motifs is 1. The van der Waals surface area contributed by atoms with Crippen LogP contribution in [0.15, 0.2) is 24.3 Å². The van der Waals surface area contributed by atoms with Gasteiger partial charge >= 0.3 is 0 Å². The fraction of sp³-hybridized carbons (Fsp3) is 0.500. The highest BCUT2D eigenvalue weighted by Crippen LogP contribution is 2.41. The van der Waals surface area contributed by atoms with Crippen LogP contribution in [0.2, 0.25) is 0 Å². The van der Waals surface area contributed by atoms with Gasteiger partial charge in [0.1, 0.15) is 0 Å². The molecule has 0 N–H and O–H groups in total. The zero-order valence-corrected chi connectivity index (χ0v) is 18.7. The molecule has 168 valence electrons. The van der Waals surface area contributed by atoms with Crippen LogP contribution >= 0.6 is 0 Å². The van der Waals surface area contributed by atoms with E-state index in [1.165, 1.54) is 11.1 Å². The van der Waals surface area contributed by atoms with Crippen LogP contribution in [0.5, 0.6) is 28.7 Å². The SMILES string of the molecule is COc1ccc(CN(Cc2cc3c(cc2C)OCO3)CC2CCCO2)c(OC)c1OC. The molecule has 7 nitrogen and oxygen atoms in total. The highest BCUT2D eigenvalue weighted by Gasteiger charge is 2.24. The van der Waals surface area contributed by atoms with Crippen LogP contribution < -0.4 is 23.7 Å². The van der Waals surface area contributed by atoms with Gasteiger partial charge in [0.25, 0.3) is 0 Å². The molecule has 2 heterocycles. The zero-order valence-electron chi connectivity index (χ0n) is 18.7. The number of rotatable bonds is 9. The highest BCUT2D eigenvalue weighted by molar-refractivity contribution is 5.56. The van der Waals surface area contributed by atoms with Gasteiger partial charge < -0.3 is 28.4 Å². The summed E-state index contributed by atoms with van der Waals surface area (Å²) in [6, 6.07) is 8.10. The third kappa shape index (κ3) is 4.67. The van der Waals surface area contributed by atoms with Crippen LogP contribution in [0.4, 0.5) is 0 Å². The van der Waals surface area contributed by atoms with Crippen LogP contribution in [0.3, 0.4) is 0 Å². The summed E-state index contributed by atoms with van der Waals surface area (Å²) in [6.07, 6.45) is 2.43. The van der Waals surface area contributed by atoms with Crippen molar-refractivity contribution in [2.75, 3.05) is 41.3 Å².